The summed E-state index contributed by atoms with van der Waals surface area (Å²) in [7, 11) is 1.80. The maximum Gasteiger partial charge on any atom is 0.225 e. The van der Waals surface area contributed by atoms with E-state index in [1.807, 2.05) is 0 Å². The number of rotatable bonds is 6. The molecule has 33 heavy (non-hydrogen) atoms. The van der Waals surface area contributed by atoms with E-state index >= 15 is 0 Å². The highest BCUT2D eigenvalue weighted by Gasteiger charge is 2.37. The van der Waals surface area contributed by atoms with Gasteiger partial charge in [-0.05, 0) is 72.5 Å². The molecule has 5 heteroatoms. The Morgan fingerprint density at radius 1 is 1.09 bits per heavy atom. The number of aliphatic hydroxyl groups is 1. The van der Waals surface area contributed by atoms with E-state index in [2.05, 4.69) is 51.3 Å². The maximum atomic E-state index is 12.5. The molecule has 2 aromatic rings. The monoisotopic (exact) mass is 468 g/mol. The molecule has 0 saturated heterocycles. The highest BCUT2D eigenvalue weighted by molar-refractivity contribution is 7.09. The van der Waals surface area contributed by atoms with Gasteiger partial charge in [-0.15, -0.1) is 11.3 Å². The molecule has 0 atom stereocenters. The van der Waals surface area contributed by atoms with Crippen molar-refractivity contribution in [2.24, 2.45) is 11.8 Å². The third-order valence-electron chi connectivity index (χ3n) is 8.17. The summed E-state index contributed by atoms with van der Waals surface area (Å²) in [5, 5.41) is 12.5. The molecule has 1 saturated carbocycles. The molecular weight excluding hydrogens is 428 g/mol. The van der Waals surface area contributed by atoms with Crippen molar-refractivity contribution in [2.75, 3.05) is 20.2 Å². The molecule has 0 spiro atoms. The lowest BCUT2D eigenvalue weighted by Crippen LogP contribution is -2.36. The average molecular weight is 469 g/mol. The zero-order chi connectivity index (χ0) is 23.8. The van der Waals surface area contributed by atoms with Crippen molar-refractivity contribution in [1.82, 2.24) is 9.88 Å². The number of aliphatic hydroxyl groups excluding tert-OH is 1. The van der Waals surface area contributed by atoms with Gasteiger partial charge in [-0.1, -0.05) is 39.8 Å². The summed E-state index contributed by atoms with van der Waals surface area (Å²) in [6.07, 6.45) is 7.54. The Balaban J connectivity index is 1.41. The normalized spacial score (nSPS) is 23.7. The zero-order valence-corrected chi connectivity index (χ0v) is 21.8. The number of nitrogens with zero attached hydrogens (tertiary/aromatic N) is 2. The largest absolute Gasteiger partial charge is 0.395 e. The van der Waals surface area contributed by atoms with E-state index in [4.69, 9.17) is 10.1 Å². The minimum Gasteiger partial charge on any atom is -0.395 e. The number of fused-ring (bicyclic) bond motifs is 1. The van der Waals surface area contributed by atoms with Gasteiger partial charge in [0.25, 0.3) is 0 Å². The minimum atomic E-state index is 0.0312. The van der Waals surface area contributed by atoms with E-state index in [1.54, 1.807) is 23.3 Å². The fraction of sp³-hybridized carbons (Fsp3) is 0.643. The molecule has 1 N–H and O–H groups in total. The van der Waals surface area contributed by atoms with Crippen molar-refractivity contribution in [3.63, 3.8) is 0 Å². The molecule has 1 fully saturated rings. The molecule has 4 nitrogen and oxygen atoms in total. The van der Waals surface area contributed by atoms with Gasteiger partial charge in [-0.2, -0.15) is 0 Å². The van der Waals surface area contributed by atoms with Crippen LogP contribution in [0.1, 0.15) is 82.4 Å². The number of amides is 1. The molecule has 0 radical (unpaired) electrons. The predicted molar refractivity (Wildman–Crippen MR) is 137 cm³/mol. The highest BCUT2D eigenvalue weighted by atomic mass is 32.1. The van der Waals surface area contributed by atoms with Crippen molar-refractivity contribution >= 4 is 17.2 Å². The van der Waals surface area contributed by atoms with Crippen molar-refractivity contribution in [3.05, 3.63) is 39.7 Å². The zero-order valence-electron chi connectivity index (χ0n) is 21.0. The Kier molecular flexibility index (Phi) is 7.02. The summed E-state index contributed by atoms with van der Waals surface area (Å²) in [6.45, 7) is 9.95. The van der Waals surface area contributed by atoms with Crippen LogP contribution in [-0.2, 0) is 22.0 Å². The van der Waals surface area contributed by atoms with Gasteiger partial charge in [0, 0.05) is 36.9 Å². The number of aromatic nitrogens is 1. The summed E-state index contributed by atoms with van der Waals surface area (Å²) < 4.78 is 0. The third-order valence-corrected chi connectivity index (χ3v) is 9.04. The first-order chi connectivity index (χ1) is 15.6. The van der Waals surface area contributed by atoms with Crippen molar-refractivity contribution in [1.29, 1.82) is 0 Å². The van der Waals surface area contributed by atoms with Gasteiger partial charge in [0.1, 0.15) is 0 Å². The molecule has 0 bridgehead atoms. The van der Waals surface area contributed by atoms with Gasteiger partial charge >= 0.3 is 0 Å². The number of carbonyl (C=O) groups is 1. The second-order valence-electron chi connectivity index (χ2n) is 11.6. The van der Waals surface area contributed by atoms with E-state index < -0.39 is 0 Å². The Labute approximate surface area is 203 Å². The Morgan fingerprint density at radius 2 is 1.76 bits per heavy atom. The number of benzene rings is 1. The molecule has 1 aromatic heterocycles. The van der Waals surface area contributed by atoms with Crippen molar-refractivity contribution in [2.45, 2.75) is 83.5 Å². The topological polar surface area (TPSA) is 53.4 Å². The SMILES string of the molecule is CN(CCO)C(=O)C1CCC(Cc2nc(-c3ccc4c(c3)C(C)(C)CCC4(C)C)cs2)CC1. The quantitative estimate of drug-likeness (QED) is 0.569. The number of hydrogen-bond donors (Lipinski definition) is 1. The molecule has 1 aromatic carbocycles. The molecule has 1 heterocycles. The van der Waals surface area contributed by atoms with Crippen molar-refractivity contribution in [3.8, 4) is 11.3 Å². The van der Waals surface area contributed by atoms with Crippen LogP contribution in [0.15, 0.2) is 23.6 Å². The van der Waals surface area contributed by atoms with Crippen LogP contribution < -0.4 is 0 Å². The molecule has 2 aliphatic rings. The van der Waals surface area contributed by atoms with Gasteiger partial charge in [0.05, 0.1) is 17.3 Å². The predicted octanol–water partition coefficient (Wildman–Crippen LogP) is 5.96. The fourth-order valence-corrected chi connectivity index (χ4v) is 6.64. The summed E-state index contributed by atoms with van der Waals surface area (Å²) in [5.41, 5.74) is 5.77. The van der Waals surface area contributed by atoms with Crippen LogP contribution in [0, 0.1) is 11.8 Å². The lowest BCUT2D eigenvalue weighted by atomic mass is 9.63. The second-order valence-corrected chi connectivity index (χ2v) is 12.5. The third kappa shape index (κ3) is 5.19. The van der Waals surface area contributed by atoms with E-state index in [0.29, 0.717) is 12.5 Å². The molecular formula is C28H40N2O2S. The van der Waals surface area contributed by atoms with Gasteiger partial charge in [0.2, 0.25) is 5.91 Å². The first kappa shape index (κ1) is 24.4. The highest BCUT2D eigenvalue weighted by Crippen LogP contribution is 2.46. The summed E-state index contributed by atoms with van der Waals surface area (Å²) in [4.78, 5) is 19.2. The van der Waals surface area contributed by atoms with Crippen LogP contribution in [0.25, 0.3) is 11.3 Å². The van der Waals surface area contributed by atoms with E-state index in [-0.39, 0.29) is 29.3 Å². The Bertz CT molecular complexity index is 986. The van der Waals surface area contributed by atoms with Crippen LogP contribution in [0.4, 0.5) is 0 Å². The van der Waals surface area contributed by atoms with E-state index in [9.17, 15) is 4.79 Å². The van der Waals surface area contributed by atoms with E-state index in [1.165, 1.54) is 34.5 Å². The lowest BCUT2D eigenvalue weighted by Gasteiger charge is -2.42. The van der Waals surface area contributed by atoms with Crippen LogP contribution in [0.3, 0.4) is 0 Å². The maximum absolute atomic E-state index is 12.5. The Hall–Kier alpha value is -1.72. The number of likely N-dealkylation sites (N-methyl/N-ethyl adjacent to an activating group) is 1. The van der Waals surface area contributed by atoms with Crippen LogP contribution >= 0.6 is 11.3 Å². The van der Waals surface area contributed by atoms with Gasteiger partial charge < -0.3 is 10.0 Å². The van der Waals surface area contributed by atoms with Gasteiger partial charge in [0.15, 0.2) is 0 Å². The average Bonchev–Trinajstić information content (AvgIpc) is 3.25. The van der Waals surface area contributed by atoms with E-state index in [0.717, 1.165) is 37.8 Å². The Morgan fingerprint density at radius 3 is 2.42 bits per heavy atom. The van der Waals surface area contributed by atoms with Crippen LogP contribution in [-0.4, -0.2) is 41.1 Å². The fourth-order valence-electron chi connectivity index (χ4n) is 5.72. The second kappa shape index (κ2) is 9.50. The number of hydrogen-bond acceptors (Lipinski definition) is 4. The first-order valence-corrected chi connectivity index (χ1v) is 13.4. The van der Waals surface area contributed by atoms with Crippen molar-refractivity contribution < 1.29 is 9.90 Å². The van der Waals surface area contributed by atoms with Gasteiger partial charge in [-0.3, -0.25) is 4.79 Å². The number of thiazole rings is 1. The summed E-state index contributed by atoms with van der Waals surface area (Å²) in [5.74, 6) is 0.921. The molecule has 4 rings (SSSR count). The van der Waals surface area contributed by atoms with Crippen LogP contribution in [0.5, 0.6) is 0 Å². The smallest absolute Gasteiger partial charge is 0.225 e. The summed E-state index contributed by atoms with van der Waals surface area (Å²) in [6, 6.07) is 7.01. The van der Waals surface area contributed by atoms with Gasteiger partial charge in [-0.25, -0.2) is 4.98 Å². The standard InChI is InChI=1S/C28H40N2O2S/c1-27(2)12-13-28(3,4)23-17-21(10-11-22(23)27)24-18-33-25(29-24)16-19-6-8-20(9-7-19)26(32)30(5)14-15-31/h10-11,17-20,31H,6-9,12-16H2,1-5H3. The molecule has 1 amide bonds. The lowest BCUT2D eigenvalue weighted by molar-refractivity contribution is -0.135. The van der Waals surface area contributed by atoms with Crippen LogP contribution in [0.2, 0.25) is 0 Å². The molecule has 180 valence electrons. The molecule has 2 aliphatic carbocycles. The minimum absolute atomic E-state index is 0.0312. The molecule has 0 unspecified atom stereocenters. The summed E-state index contributed by atoms with van der Waals surface area (Å²) >= 11 is 1.78. The number of carbonyl (C=O) groups excluding carboxylic acids is 1. The first-order valence-electron chi connectivity index (χ1n) is 12.6. The molecule has 0 aliphatic heterocycles.